The molecule has 0 saturated carbocycles. The molecule has 1 aromatic rings. The Morgan fingerprint density at radius 3 is 2.38 bits per heavy atom. The minimum atomic E-state index is -0.243. The van der Waals surface area contributed by atoms with Gasteiger partial charge in [-0.15, -0.1) is 0 Å². The summed E-state index contributed by atoms with van der Waals surface area (Å²) in [6, 6.07) is 6.22. The molecule has 0 unspecified atom stereocenters. The Morgan fingerprint density at radius 2 is 1.69 bits per heavy atom. The van der Waals surface area contributed by atoms with Crippen molar-refractivity contribution >= 4 is 17.3 Å². The molecule has 4 heteroatoms. The van der Waals surface area contributed by atoms with Gasteiger partial charge < -0.3 is 10.4 Å². The number of allylic oxidation sites excluding steroid dienone is 3. The van der Waals surface area contributed by atoms with Crippen LogP contribution in [0, 0.1) is 0 Å². The Bertz CT molecular complexity index is 498. The van der Waals surface area contributed by atoms with E-state index in [9.17, 15) is 9.59 Å². The van der Waals surface area contributed by atoms with Crippen LogP contribution in [0.2, 0.25) is 0 Å². The summed E-state index contributed by atoms with van der Waals surface area (Å²) in [7, 11) is 0. The maximum atomic E-state index is 11.4. The number of rotatable bonds is 2. The molecule has 0 radical (unpaired) electrons. The molecule has 0 aromatic heterocycles. The normalized spacial score (nSPS) is 14.9. The predicted octanol–water partition coefficient (Wildman–Crippen LogP) is 1.40. The molecule has 0 spiro atoms. The van der Waals surface area contributed by atoms with E-state index in [0.29, 0.717) is 5.69 Å². The third-order valence-electron chi connectivity index (χ3n) is 2.10. The van der Waals surface area contributed by atoms with E-state index >= 15 is 0 Å². The van der Waals surface area contributed by atoms with Gasteiger partial charge in [0.15, 0.2) is 5.78 Å². The maximum absolute atomic E-state index is 11.4. The standard InChI is InChI=1S/C12H9NO3/c14-9-3-1-8(2-4-9)13-11-7-10(15)5-6-12(11)16/h1-7,13-14H. The zero-order valence-corrected chi connectivity index (χ0v) is 8.31. The number of phenolic OH excluding ortho intramolecular Hbond substituents is 1. The van der Waals surface area contributed by atoms with Gasteiger partial charge in [-0.3, -0.25) is 9.59 Å². The number of hydrogen-bond acceptors (Lipinski definition) is 4. The van der Waals surface area contributed by atoms with Crippen molar-refractivity contribution in [3.05, 3.63) is 48.2 Å². The van der Waals surface area contributed by atoms with Crippen LogP contribution in [0.15, 0.2) is 48.2 Å². The first-order valence-corrected chi connectivity index (χ1v) is 4.69. The van der Waals surface area contributed by atoms with E-state index in [1.165, 1.54) is 30.4 Å². The van der Waals surface area contributed by atoms with Crippen molar-refractivity contribution in [1.29, 1.82) is 0 Å². The van der Waals surface area contributed by atoms with Gasteiger partial charge in [0.2, 0.25) is 5.78 Å². The Kier molecular flexibility index (Phi) is 2.55. The average Bonchev–Trinajstić information content (AvgIpc) is 2.27. The van der Waals surface area contributed by atoms with Crippen LogP contribution in [0.1, 0.15) is 0 Å². The van der Waals surface area contributed by atoms with Crippen LogP contribution >= 0.6 is 0 Å². The number of hydrogen-bond donors (Lipinski definition) is 2. The number of carbonyl (C=O) groups is 2. The molecule has 0 atom stereocenters. The molecule has 0 bridgehead atoms. The minimum Gasteiger partial charge on any atom is -0.508 e. The van der Waals surface area contributed by atoms with Crippen LogP contribution in [-0.4, -0.2) is 16.7 Å². The molecule has 0 fully saturated rings. The summed E-state index contributed by atoms with van der Waals surface area (Å²) >= 11 is 0. The van der Waals surface area contributed by atoms with Crippen LogP contribution in [0.25, 0.3) is 0 Å². The number of phenols is 1. The molecule has 1 aromatic carbocycles. The number of nitrogens with one attached hydrogen (secondary N) is 1. The van der Waals surface area contributed by atoms with Gasteiger partial charge in [0.25, 0.3) is 0 Å². The van der Waals surface area contributed by atoms with Gasteiger partial charge in [0.05, 0.1) is 5.70 Å². The first-order valence-electron chi connectivity index (χ1n) is 4.69. The summed E-state index contributed by atoms with van der Waals surface area (Å²) in [4.78, 5) is 22.5. The quantitative estimate of drug-likeness (QED) is 0.578. The summed E-state index contributed by atoms with van der Waals surface area (Å²) in [6.45, 7) is 0. The number of aromatic hydroxyl groups is 1. The number of benzene rings is 1. The van der Waals surface area contributed by atoms with Crippen molar-refractivity contribution in [3.8, 4) is 5.75 Å². The highest BCUT2D eigenvalue weighted by atomic mass is 16.3. The van der Waals surface area contributed by atoms with Crippen molar-refractivity contribution < 1.29 is 14.7 Å². The third-order valence-corrected chi connectivity index (χ3v) is 2.10. The van der Waals surface area contributed by atoms with Gasteiger partial charge >= 0.3 is 0 Å². The van der Waals surface area contributed by atoms with Crippen molar-refractivity contribution in [1.82, 2.24) is 0 Å². The summed E-state index contributed by atoms with van der Waals surface area (Å²) in [5, 5.41) is 11.9. The van der Waals surface area contributed by atoms with E-state index in [1.54, 1.807) is 12.1 Å². The van der Waals surface area contributed by atoms with Gasteiger partial charge in [-0.1, -0.05) is 0 Å². The summed E-state index contributed by atoms with van der Waals surface area (Å²) in [6.07, 6.45) is 3.70. The van der Waals surface area contributed by atoms with E-state index in [2.05, 4.69) is 5.32 Å². The van der Waals surface area contributed by atoms with E-state index in [0.717, 1.165) is 0 Å². The Morgan fingerprint density at radius 1 is 1.00 bits per heavy atom. The molecular weight excluding hydrogens is 206 g/mol. The van der Waals surface area contributed by atoms with Crippen LogP contribution < -0.4 is 5.32 Å². The summed E-state index contributed by atoms with van der Waals surface area (Å²) in [5.74, 6) is -0.320. The molecule has 80 valence electrons. The molecule has 0 amide bonds. The zero-order valence-electron chi connectivity index (χ0n) is 8.31. The fraction of sp³-hybridized carbons (Fsp3) is 0. The van der Waals surface area contributed by atoms with Gasteiger partial charge in [0, 0.05) is 11.8 Å². The van der Waals surface area contributed by atoms with Gasteiger partial charge in [-0.25, -0.2) is 0 Å². The lowest BCUT2D eigenvalue weighted by Gasteiger charge is -2.09. The minimum absolute atomic E-state index is 0.144. The molecule has 1 aliphatic carbocycles. The van der Waals surface area contributed by atoms with E-state index in [-0.39, 0.29) is 23.0 Å². The molecule has 0 saturated heterocycles. The number of ketones is 2. The zero-order chi connectivity index (χ0) is 11.5. The summed E-state index contributed by atoms with van der Waals surface area (Å²) < 4.78 is 0. The van der Waals surface area contributed by atoms with Crippen LogP contribution in [-0.2, 0) is 9.59 Å². The first kappa shape index (κ1) is 10.2. The fourth-order valence-electron chi connectivity index (χ4n) is 1.31. The van der Waals surface area contributed by atoms with Gasteiger partial charge in [0.1, 0.15) is 5.75 Å². The molecule has 1 aliphatic rings. The number of anilines is 1. The largest absolute Gasteiger partial charge is 0.508 e. The molecule has 2 rings (SSSR count). The Hall–Kier alpha value is -2.36. The smallest absolute Gasteiger partial charge is 0.202 e. The highest BCUT2D eigenvalue weighted by Gasteiger charge is 2.12. The van der Waals surface area contributed by atoms with Crippen molar-refractivity contribution in [3.63, 3.8) is 0 Å². The van der Waals surface area contributed by atoms with E-state index in [1.807, 2.05) is 0 Å². The first-order chi connectivity index (χ1) is 7.65. The second kappa shape index (κ2) is 4.02. The third kappa shape index (κ3) is 2.17. The van der Waals surface area contributed by atoms with E-state index < -0.39 is 0 Å². The average molecular weight is 215 g/mol. The van der Waals surface area contributed by atoms with Crippen LogP contribution in [0.4, 0.5) is 5.69 Å². The predicted molar refractivity (Wildman–Crippen MR) is 59.0 cm³/mol. The molecule has 4 nitrogen and oxygen atoms in total. The Labute approximate surface area is 91.9 Å². The van der Waals surface area contributed by atoms with Crippen LogP contribution in [0.3, 0.4) is 0 Å². The van der Waals surface area contributed by atoms with Gasteiger partial charge in [-0.05, 0) is 36.4 Å². The highest BCUT2D eigenvalue weighted by Crippen LogP contribution is 2.16. The molecule has 0 heterocycles. The highest BCUT2D eigenvalue weighted by molar-refractivity contribution is 6.18. The lowest BCUT2D eigenvalue weighted by atomic mass is 10.1. The number of carbonyl (C=O) groups excluding carboxylic acids is 2. The van der Waals surface area contributed by atoms with Crippen molar-refractivity contribution in [2.75, 3.05) is 5.32 Å². The molecule has 2 N–H and O–H groups in total. The van der Waals surface area contributed by atoms with Crippen molar-refractivity contribution in [2.24, 2.45) is 0 Å². The summed E-state index contributed by atoms with van der Waals surface area (Å²) in [5.41, 5.74) is 0.874. The topological polar surface area (TPSA) is 66.4 Å². The van der Waals surface area contributed by atoms with Crippen LogP contribution in [0.5, 0.6) is 5.75 Å². The van der Waals surface area contributed by atoms with Crippen molar-refractivity contribution in [2.45, 2.75) is 0 Å². The SMILES string of the molecule is O=C1C=CC(=O)C(Nc2ccc(O)cc2)=C1. The monoisotopic (exact) mass is 215 g/mol. The second-order valence-electron chi connectivity index (χ2n) is 3.33. The lowest BCUT2D eigenvalue weighted by molar-refractivity contribution is -0.114. The van der Waals surface area contributed by atoms with Gasteiger partial charge in [-0.2, -0.15) is 0 Å². The molecule has 16 heavy (non-hydrogen) atoms. The Balaban J connectivity index is 2.18. The maximum Gasteiger partial charge on any atom is 0.202 e. The molecular formula is C12H9NO3. The fourth-order valence-corrected chi connectivity index (χ4v) is 1.31. The second-order valence-corrected chi connectivity index (χ2v) is 3.33. The van der Waals surface area contributed by atoms with E-state index in [4.69, 9.17) is 5.11 Å². The lowest BCUT2D eigenvalue weighted by Crippen LogP contribution is -2.14. The molecule has 0 aliphatic heterocycles.